The molecule has 0 fully saturated rings. The fraction of sp³-hybridized carbons (Fsp3) is 0.263. The Labute approximate surface area is 142 Å². The first kappa shape index (κ1) is 17.5. The maximum Gasteiger partial charge on any atom is 0.271 e. The lowest BCUT2D eigenvalue weighted by atomic mass is 10.2. The summed E-state index contributed by atoms with van der Waals surface area (Å²) >= 11 is 0. The highest BCUT2D eigenvalue weighted by Gasteiger charge is 2.06. The zero-order valence-corrected chi connectivity index (χ0v) is 14.3. The van der Waals surface area contributed by atoms with Gasteiger partial charge in [0, 0.05) is 29.9 Å². The van der Waals surface area contributed by atoms with E-state index in [4.69, 9.17) is 4.74 Å². The number of hydrogen-bond acceptors (Lipinski definition) is 4. The number of carbonyl (C=O) groups is 1. The summed E-state index contributed by atoms with van der Waals surface area (Å²) in [5, 5.41) is 4.00. The third kappa shape index (κ3) is 4.35. The van der Waals surface area contributed by atoms with Crippen LogP contribution in [0.25, 0.3) is 0 Å². The van der Waals surface area contributed by atoms with Gasteiger partial charge in [-0.15, -0.1) is 0 Å². The van der Waals surface area contributed by atoms with Gasteiger partial charge in [0.05, 0.1) is 13.3 Å². The number of methoxy groups -OCH3 is 1. The quantitative estimate of drug-likeness (QED) is 0.628. The summed E-state index contributed by atoms with van der Waals surface area (Å²) in [6, 6.07) is 15.0. The van der Waals surface area contributed by atoms with E-state index in [0.29, 0.717) is 11.3 Å². The van der Waals surface area contributed by atoms with Crippen LogP contribution < -0.4 is 15.1 Å². The fourth-order valence-electron chi connectivity index (χ4n) is 2.41. The zero-order chi connectivity index (χ0) is 17.4. The van der Waals surface area contributed by atoms with Crippen LogP contribution in [0, 0.1) is 0 Å². The van der Waals surface area contributed by atoms with E-state index < -0.39 is 0 Å². The van der Waals surface area contributed by atoms with Crippen LogP contribution >= 0.6 is 0 Å². The molecule has 0 aliphatic rings. The highest BCUT2D eigenvalue weighted by atomic mass is 16.5. The molecule has 126 valence electrons. The topological polar surface area (TPSA) is 53.9 Å². The van der Waals surface area contributed by atoms with E-state index in [-0.39, 0.29) is 5.91 Å². The van der Waals surface area contributed by atoms with E-state index in [0.717, 1.165) is 24.3 Å². The van der Waals surface area contributed by atoms with E-state index in [2.05, 4.69) is 29.3 Å². The van der Waals surface area contributed by atoms with Crippen molar-refractivity contribution >= 4 is 17.8 Å². The van der Waals surface area contributed by atoms with E-state index in [1.807, 2.05) is 48.5 Å². The first-order chi connectivity index (χ1) is 11.7. The van der Waals surface area contributed by atoms with Crippen LogP contribution in [0.4, 0.5) is 5.69 Å². The number of anilines is 1. The zero-order valence-electron chi connectivity index (χ0n) is 14.3. The maximum absolute atomic E-state index is 12.1. The number of nitrogens with zero attached hydrogens (tertiary/aromatic N) is 2. The van der Waals surface area contributed by atoms with Crippen LogP contribution in [0.1, 0.15) is 29.8 Å². The van der Waals surface area contributed by atoms with Crippen LogP contribution in [-0.4, -0.2) is 32.3 Å². The Morgan fingerprint density at radius 1 is 1.12 bits per heavy atom. The Hall–Kier alpha value is -2.82. The summed E-state index contributed by atoms with van der Waals surface area (Å²) in [6.45, 7) is 6.09. The van der Waals surface area contributed by atoms with Crippen molar-refractivity contribution in [3.63, 3.8) is 0 Å². The number of hydrazone groups is 1. The van der Waals surface area contributed by atoms with Gasteiger partial charge >= 0.3 is 0 Å². The number of nitrogens with one attached hydrogen (secondary N) is 1. The molecule has 0 heterocycles. The summed E-state index contributed by atoms with van der Waals surface area (Å²) < 4.78 is 5.24. The average Bonchev–Trinajstić information content (AvgIpc) is 2.63. The van der Waals surface area contributed by atoms with Gasteiger partial charge < -0.3 is 9.64 Å². The van der Waals surface area contributed by atoms with Crippen LogP contribution in [-0.2, 0) is 0 Å². The molecule has 24 heavy (non-hydrogen) atoms. The number of carbonyl (C=O) groups excluding carboxylic acids is 1. The molecule has 0 spiro atoms. The van der Waals surface area contributed by atoms with E-state index in [1.54, 1.807) is 13.3 Å². The van der Waals surface area contributed by atoms with Gasteiger partial charge in [-0.05, 0) is 50.2 Å². The molecule has 0 unspecified atom stereocenters. The third-order valence-electron chi connectivity index (χ3n) is 3.77. The molecule has 1 amide bonds. The monoisotopic (exact) mass is 325 g/mol. The van der Waals surface area contributed by atoms with Gasteiger partial charge in [-0.1, -0.05) is 12.1 Å². The highest BCUT2D eigenvalue weighted by molar-refractivity contribution is 5.95. The Morgan fingerprint density at radius 3 is 2.42 bits per heavy atom. The van der Waals surface area contributed by atoms with Gasteiger partial charge in [-0.2, -0.15) is 5.10 Å². The largest absolute Gasteiger partial charge is 0.496 e. The summed E-state index contributed by atoms with van der Waals surface area (Å²) in [6.07, 6.45) is 1.57. The minimum atomic E-state index is -0.243. The van der Waals surface area contributed by atoms with Gasteiger partial charge in [0.15, 0.2) is 0 Å². The van der Waals surface area contributed by atoms with Crippen molar-refractivity contribution < 1.29 is 9.53 Å². The Bertz CT molecular complexity index is 692. The van der Waals surface area contributed by atoms with Crippen molar-refractivity contribution in [3.05, 3.63) is 59.7 Å². The molecule has 5 nitrogen and oxygen atoms in total. The molecule has 0 bridgehead atoms. The predicted octanol–water partition coefficient (Wildman–Crippen LogP) is 3.31. The number of hydrogen-bond donors (Lipinski definition) is 1. The minimum absolute atomic E-state index is 0.243. The van der Waals surface area contributed by atoms with Crippen LogP contribution in [0.2, 0.25) is 0 Å². The van der Waals surface area contributed by atoms with Crippen molar-refractivity contribution in [1.29, 1.82) is 0 Å². The fourth-order valence-corrected chi connectivity index (χ4v) is 2.41. The normalized spacial score (nSPS) is 10.6. The van der Waals surface area contributed by atoms with E-state index in [1.165, 1.54) is 0 Å². The van der Waals surface area contributed by atoms with Crippen molar-refractivity contribution in [2.24, 2.45) is 5.10 Å². The molecule has 0 saturated carbocycles. The second kappa shape index (κ2) is 8.72. The number of amides is 1. The van der Waals surface area contributed by atoms with Gasteiger partial charge in [0.1, 0.15) is 5.75 Å². The second-order valence-corrected chi connectivity index (χ2v) is 5.16. The lowest BCUT2D eigenvalue weighted by Gasteiger charge is -2.20. The molecule has 0 radical (unpaired) electrons. The molecule has 1 N–H and O–H groups in total. The minimum Gasteiger partial charge on any atom is -0.496 e. The first-order valence-corrected chi connectivity index (χ1v) is 8.01. The molecule has 0 aliphatic carbocycles. The van der Waals surface area contributed by atoms with Gasteiger partial charge in [0.25, 0.3) is 5.91 Å². The van der Waals surface area contributed by atoms with Gasteiger partial charge in [-0.3, -0.25) is 4.79 Å². The first-order valence-electron chi connectivity index (χ1n) is 8.01. The Balaban J connectivity index is 2.01. The number of para-hydroxylation sites is 1. The summed E-state index contributed by atoms with van der Waals surface area (Å²) in [4.78, 5) is 14.4. The molecule has 5 heteroatoms. The summed E-state index contributed by atoms with van der Waals surface area (Å²) in [5.74, 6) is 0.464. The van der Waals surface area contributed by atoms with Crippen molar-refractivity contribution in [3.8, 4) is 5.75 Å². The summed E-state index contributed by atoms with van der Waals surface area (Å²) in [7, 11) is 1.60. The lowest BCUT2D eigenvalue weighted by Crippen LogP contribution is -2.22. The smallest absolute Gasteiger partial charge is 0.271 e. The van der Waals surface area contributed by atoms with Crippen molar-refractivity contribution in [2.75, 3.05) is 25.1 Å². The van der Waals surface area contributed by atoms with Gasteiger partial charge in [0.2, 0.25) is 0 Å². The molecule has 2 rings (SSSR count). The third-order valence-corrected chi connectivity index (χ3v) is 3.77. The molecule has 0 aliphatic heterocycles. The number of ether oxygens (including phenoxy) is 1. The van der Waals surface area contributed by atoms with Crippen molar-refractivity contribution in [2.45, 2.75) is 13.8 Å². The van der Waals surface area contributed by atoms with E-state index >= 15 is 0 Å². The average molecular weight is 325 g/mol. The van der Waals surface area contributed by atoms with Gasteiger partial charge in [-0.25, -0.2) is 5.43 Å². The van der Waals surface area contributed by atoms with E-state index in [9.17, 15) is 4.79 Å². The molecular formula is C19H23N3O2. The molecule has 0 saturated heterocycles. The summed E-state index contributed by atoms with van der Waals surface area (Å²) in [5.41, 5.74) is 5.02. The number of benzene rings is 2. The standard InChI is InChI=1S/C19H23N3O2/c1-4-22(5-2)17-12-10-15(11-13-17)19(23)21-20-14-16-8-6-7-9-18(16)24-3/h6-14H,4-5H2,1-3H3,(H,21,23)/b20-14-. The molecular weight excluding hydrogens is 302 g/mol. The SMILES string of the molecule is CCN(CC)c1ccc(C(=O)N/N=C\c2ccccc2OC)cc1. The molecule has 0 atom stereocenters. The molecule has 2 aromatic carbocycles. The number of rotatable bonds is 7. The van der Waals surface area contributed by atoms with Crippen molar-refractivity contribution in [1.82, 2.24) is 5.43 Å². The van der Waals surface area contributed by atoms with Crippen LogP contribution in [0.15, 0.2) is 53.6 Å². The molecule has 0 aromatic heterocycles. The Kier molecular flexibility index (Phi) is 6.37. The predicted molar refractivity (Wildman–Crippen MR) is 98.1 cm³/mol. The highest BCUT2D eigenvalue weighted by Crippen LogP contribution is 2.16. The Morgan fingerprint density at radius 2 is 1.79 bits per heavy atom. The second-order valence-electron chi connectivity index (χ2n) is 5.16. The van der Waals surface area contributed by atoms with Crippen LogP contribution in [0.5, 0.6) is 5.75 Å². The molecule has 2 aromatic rings. The van der Waals surface area contributed by atoms with Crippen LogP contribution in [0.3, 0.4) is 0 Å². The maximum atomic E-state index is 12.1. The lowest BCUT2D eigenvalue weighted by molar-refractivity contribution is 0.0955.